The molecule has 0 saturated heterocycles. The van der Waals surface area contributed by atoms with Gasteiger partial charge in [-0.2, -0.15) is 10.2 Å². The van der Waals surface area contributed by atoms with E-state index in [1.807, 2.05) is 72.8 Å². The Bertz CT molecular complexity index is 1480. The lowest BCUT2D eigenvalue weighted by Gasteiger charge is -2.08. The molecule has 5 nitrogen and oxygen atoms in total. The van der Waals surface area contributed by atoms with Crippen LogP contribution in [-0.4, -0.2) is 21.9 Å². The first-order valence-electron chi connectivity index (χ1n) is 11.1. The maximum absolute atomic E-state index is 13.8. The molecule has 170 valence electrons. The summed E-state index contributed by atoms with van der Waals surface area (Å²) in [7, 11) is 0. The first-order chi connectivity index (χ1) is 17.2. The van der Waals surface area contributed by atoms with Crippen LogP contribution in [0.25, 0.3) is 28.1 Å². The van der Waals surface area contributed by atoms with E-state index in [0.717, 1.165) is 28.1 Å². The first-order valence-corrected chi connectivity index (χ1v) is 11.1. The molecule has 5 rings (SSSR count). The lowest BCUT2D eigenvalue weighted by atomic mass is 10.0. The van der Waals surface area contributed by atoms with Crippen LogP contribution >= 0.6 is 0 Å². The van der Waals surface area contributed by atoms with Gasteiger partial charge in [0.25, 0.3) is 5.91 Å². The number of para-hydroxylation sites is 1. The van der Waals surface area contributed by atoms with E-state index in [9.17, 15) is 9.18 Å². The molecule has 0 bridgehead atoms. The standard InChI is InChI=1S/C29H21FN4O/c30-26-14-8-7-11-24(26)20-31-32-29(35)27-19-28(34(33-27)25-12-5-2-6-13-25)23-17-15-22(16-18-23)21-9-3-1-4-10-21/h1-20H,(H,32,35)/b31-20-. The number of amides is 1. The summed E-state index contributed by atoms with van der Waals surface area (Å²) in [5.74, 6) is -0.908. The van der Waals surface area contributed by atoms with Crippen molar-refractivity contribution in [1.82, 2.24) is 15.2 Å². The van der Waals surface area contributed by atoms with Gasteiger partial charge in [0.2, 0.25) is 0 Å². The highest BCUT2D eigenvalue weighted by Crippen LogP contribution is 2.27. The van der Waals surface area contributed by atoms with E-state index < -0.39 is 11.7 Å². The highest BCUT2D eigenvalue weighted by Gasteiger charge is 2.17. The molecular formula is C29H21FN4O. The van der Waals surface area contributed by atoms with Crippen LogP contribution in [0.3, 0.4) is 0 Å². The van der Waals surface area contributed by atoms with E-state index in [1.54, 1.807) is 28.9 Å². The van der Waals surface area contributed by atoms with Crippen LogP contribution in [0, 0.1) is 5.82 Å². The Morgan fingerprint density at radius 3 is 2.09 bits per heavy atom. The van der Waals surface area contributed by atoms with Crippen LogP contribution in [0.1, 0.15) is 16.1 Å². The van der Waals surface area contributed by atoms with Crippen molar-refractivity contribution in [2.24, 2.45) is 5.10 Å². The Balaban J connectivity index is 1.45. The molecule has 1 heterocycles. The van der Waals surface area contributed by atoms with Gasteiger partial charge in [-0.15, -0.1) is 0 Å². The van der Waals surface area contributed by atoms with Crippen molar-refractivity contribution in [3.63, 3.8) is 0 Å². The molecular weight excluding hydrogens is 439 g/mol. The molecule has 35 heavy (non-hydrogen) atoms. The van der Waals surface area contributed by atoms with Crippen molar-refractivity contribution < 1.29 is 9.18 Å². The molecule has 1 amide bonds. The maximum Gasteiger partial charge on any atom is 0.291 e. The zero-order valence-electron chi connectivity index (χ0n) is 18.7. The predicted octanol–water partition coefficient (Wildman–Crippen LogP) is 6.11. The lowest BCUT2D eigenvalue weighted by molar-refractivity contribution is 0.0949. The fourth-order valence-electron chi connectivity index (χ4n) is 3.73. The number of hydrogen-bond donors (Lipinski definition) is 1. The number of carbonyl (C=O) groups excluding carboxylic acids is 1. The highest BCUT2D eigenvalue weighted by atomic mass is 19.1. The third kappa shape index (κ3) is 4.91. The molecule has 5 aromatic rings. The third-order valence-electron chi connectivity index (χ3n) is 5.51. The number of rotatable bonds is 6. The van der Waals surface area contributed by atoms with Crippen LogP contribution in [0.15, 0.2) is 120 Å². The summed E-state index contributed by atoms with van der Waals surface area (Å²) in [5.41, 5.74) is 7.64. The molecule has 6 heteroatoms. The van der Waals surface area contributed by atoms with E-state index in [2.05, 4.69) is 27.8 Å². The van der Waals surface area contributed by atoms with Crippen LogP contribution in [0.4, 0.5) is 4.39 Å². The number of carbonyl (C=O) groups is 1. The summed E-state index contributed by atoms with van der Waals surface area (Å²) in [6.45, 7) is 0. The fourth-order valence-corrected chi connectivity index (χ4v) is 3.73. The minimum Gasteiger partial charge on any atom is -0.265 e. The number of aromatic nitrogens is 2. The summed E-state index contributed by atoms with van der Waals surface area (Å²) in [6, 6.07) is 35.8. The molecule has 0 unspecified atom stereocenters. The van der Waals surface area contributed by atoms with Crippen LogP contribution < -0.4 is 5.43 Å². The predicted molar refractivity (Wildman–Crippen MR) is 136 cm³/mol. The van der Waals surface area contributed by atoms with E-state index in [-0.39, 0.29) is 11.3 Å². The largest absolute Gasteiger partial charge is 0.291 e. The maximum atomic E-state index is 13.8. The first kappa shape index (κ1) is 22.0. The number of nitrogens with one attached hydrogen (secondary N) is 1. The molecule has 0 aliphatic rings. The van der Waals surface area contributed by atoms with E-state index in [0.29, 0.717) is 0 Å². The van der Waals surface area contributed by atoms with Crippen molar-refractivity contribution in [2.45, 2.75) is 0 Å². The minimum absolute atomic E-state index is 0.196. The smallest absolute Gasteiger partial charge is 0.265 e. The molecule has 0 atom stereocenters. The van der Waals surface area contributed by atoms with Gasteiger partial charge >= 0.3 is 0 Å². The molecule has 0 spiro atoms. The van der Waals surface area contributed by atoms with E-state index in [4.69, 9.17) is 0 Å². The van der Waals surface area contributed by atoms with E-state index >= 15 is 0 Å². The van der Waals surface area contributed by atoms with Gasteiger partial charge in [0, 0.05) is 11.1 Å². The van der Waals surface area contributed by atoms with Crippen LogP contribution in [0.2, 0.25) is 0 Å². The van der Waals surface area contributed by atoms with Gasteiger partial charge in [0.15, 0.2) is 5.69 Å². The highest BCUT2D eigenvalue weighted by molar-refractivity contribution is 5.94. The Morgan fingerprint density at radius 2 is 1.37 bits per heavy atom. The molecule has 0 radical (unpaired) electrons. The van der Waals surface area contributed by atoms with Crippen molar-refractivity contribution in [1.29, 1.82) is 0 Å². The Hall–Kier alpha value is -4.84. The molecule has 0 aliphatic carbocycles. The summed E-state index contributed by atoms with van der Waals surface area (Å²) in [4.78, 5) is 12.8. The van der Waals surface area contributed by atoms with Gasteiger partial charge in [-0.1, -0.05) is 91.0 Å². The van der Waals surface area contributed by atoms with Crippen molar-refractivity contribution in [3.8, 4) is 28.1 Å². The molecule has 0 fully saturated rings. The van der Waals surface area contributed by atoms with Crippen LogP contribution in [0.5, 0.6) is 0 Å². The summed E-state index contributed by atoms with van der Waals surface area (Å²) in [6.07, 6.45) is 1.27. The third-order valence-corrected chi connectivity index (χ3v) is 5.51. The molecule has 0 aliphatic heterocycles. The average molecular weight is 461 g/mol. The monoisotopic (exact) mass is 460 g/mol. The summed E-state index contributed by atoms with van der Waals surface area (Å²) >= 11 is 0. The van der Waals surface area contributed by atoms with Gasteiger partial charge < -0.3 is 0 Å². The number of nitrogens with zero attached hydrogens (tertiary/aromatic N) is 3. The second-order valence-electron chi connectivity index (χ2n) is 7.83. The van der Waals surface area contributed by atoms with Crippen molar-refractivity contribution in [3.05, 3.63) is 132 Å². The molecule has 1 aromatic heterocycles. The van der Waals surface area contributed by atoms with Gasteiger partial charge in [-0.3, -0.25) is 4.79 Å². The second kappa shape index (κ2) is 9.97. The lowest BCUT2D eigenvalue weighted by Crippen LogP contribution is -2.18. The zero-order chi connectivity index (χ0) is 24.0. The number of hydrogen-bond acceptors (Lipinski definition) is 3. The normalized spacial score (nSPS) is 11.0. The SMILES string of the molecule is O=C(N/N=C\c1ccccc1F)c1cc(-c2ccc(-c3ccccc3)cc2)n(-c2ccccc2)n1. The number of benzene rings is 4. The molecule has 0 saturated carbocycles. The molecule has 4 aromatic carbocycles. The topological polar surface area (TPSA) is 59.3 Å². The van der Waals surface area contributed by atoms with E-state index in [1.165, 1.54) is 12.3 Å². The Labute approximate surface area is 202 Å². The molecule has 1 N–H and O–H groups in total. The fraction of sp³-hybridized carbons (Fsp3) is 0. The minimum atomic E-state index is -0.491. The summed E-state index contributed by atoms with van der Waals surface area (Å²) < 4.78 is 15.5. The van der Waals surface area contributed by atoms with Crippen molar-refractivity contribution >= 4 is 12.1 Å². The number of halogens is 1. The van der Waals surface area contributed by atoms with Crippen LogP contribution in [-0.2, 0) is 0 Å². The number of hydrazone groups is 1. The van der Waals surface area contributed by atoms with Crippen molar-refractivity contribution in [2.75, 3.05) is 0 Å². The zero-order valence-corrected chi connectivity index (χ0v) is 18.7. The van der Waals surface area contributed by atoms with Gasteiger partial charge in [-0.05, 0) is 35.4 Å². The van der Waals surface area contributed by atoms with Gasteiger partial charge in [0.05, 0.1) is 17.6 Å². The Morgan fingerprint density at radius 1 is 0.771 bits per heavy atom. The second-order valence-corrected chi connectivity index (χ2v) is 7.83. The average Bonchev–Trinajstić information content (AvgIpc) is 3.37. The van der Waals surface area contributed by atoms with Gasteiger partial charge in [-0.25, -0.2) is 14.5 Å². The summed E-state index contributed by atoms with van der Waals surface area (Å²) in [5, 5.41) is 8.43. The quantitative estimate of drug-likeness (QED) is 0.246. The van der Waals surface area contributed by atoms with Gasteiger partial charge in [0.1, 0.15) is 5.82 Å². The Kier molecular flexibility index (Phi) is 6.26.